The maximum absolute atomic E-state index is 5.55. The van der Waals surface area contributed by atoms with Gasteiger partial charge in [-0.05, 0) is 32.9 Å². The monoisotopic (exact) mass is 220 g/mol. The van der Waals surface area contributed by atoms with Gasteiger partial charge in [0.05, 0.1) is 0 Å². The molecule has 0 aliphatic rings. The molecule has 0 spiro atoms. The first kappa shape index (κ1) is 10.7. The molecule has 0 amide bonds. The molecule has 0 unspecified atom stereocenters. The van der Waals surface area contributed by atoms with Gasteiger partial charge in [-0.1, -0.05) is 0 Å². The summed E-state index contributed by atoms with van der Waals surface area (Å²) in [6.07, 6.45) is 0. The SMILES string of the molecule is CCNc1nnc(-c2ccc(C)o2)n1CC. The molecule has 0 saturated heterocycles. The molecular formula is C11H16N4O. The molecule has 16 heavy (non-hydrogen) atoms. The molecule has 5 heteroatoms. The highest BCUT2D eigenvalue weighted by Crippen LogP contribution is 2.22. The second-order valence-corrected chi connectivity index (χ2v) is 3.53. The summed E-state index contributed by atoms with van der Waals surface area (Å²) in [6.45, 7) is 7.65. The fourth-order valence-electron chi connectivity index (χ4n) is 1.63. The molecule has 5 nitrogen and oxygen atoms in total. The molecule has 0 aromatic carbocycles. The van der Waals surface area contributed by atoms with Gasteiger partial charge in [-0.25, -0.2) is 0 Å². The van der Waals surface area contributed by atoms with Crippen LogP contribution in [0.2, 0.25) is 0 Å². The number of hydrogen-bond donors (Lipinski definition) is 1. The Morgan fingerprint density at radius 2 is 2.12 bits per heavy atom. The van der Waals surface area contributed by atoms with Crippen LogP contribution in [0.3, 0.4) is 0 Å². The first-order valence-electron chi connectivity index (χ1n) is 5.50. The van der Waals surface area contributed by atoms with Crippen molar-refractivity contribution in [1.29, 1.82) is 0 Å². The lowest BCUT2D eigenvalue weighted by molar-refractivity contribution is 0.539. The number of aryl methyl sites for hydroxylation is 1. The summed E-state index contributed by atoms with van der Waals surface area (Å²) in [5.41, 5.74) is 0. The zero-order valence-corrected chi connectivity index (χ0v) is 9.82. The predicted octanol–water partition coefficient (Wildman–Crippen LogP) is 2.30. The van der Waals surface area contributed by atoms with Crippen molar-refractivity contribution >= 4 is 5.95 Å². The van der Waals surface area contributed by atoms with Crippen LogP contribution in [0.15, 0.2) is 16.5 Å². The van der Waals surface area contributed by atoms with Crippen molar-refractivity contribution in [3.05, 3.63) is 17.9 Å². The van der Waals surface area contributed by atoms with Crippen LogP contribution in [-0.4, -0.2) is 21.3 Å². The molecule has 1 N–H and O–H groups in total. The summed E-state index contributed by atoms with van der Waals surface area (Å²) in [4.78, 5) is 0. The van der Waals surface area contributed by atoms with Crippen molar-refractivity contribution in [2.75, 3.05) is 11.9 Å². The number of nitrogens with zero attached hydrogens (tertiary/aromatic N) is 3. The minimum atomic E-state index is 0.760. The highest BCUT2D eigenvalue weighted by Gasteiger charge is 2.14. The van der Waals surface area contributed by atoms with Gasteiger partial charge in [0.15, 0.2) is 5.76 Å². The Balaban J connectivity index is 2.41. The van der Waals surface area contributed by atoms with E-state index in [0.29, 0.717) is 0 Å². The van der Waals surface area contributed by atoms with Gasteiger partial charge in [-0.3, -0.25) is 4.57 Å². The van der Waals surface area contributed by atoms with E-state index in [4.69, 9.17) is 4.42 Å². The van der Waals surface area contributed by atoms with Gasteiger partial charge in [0, 0.05) is 13.1 Å². The second kappa shape index (κ2) is 4.38. The minimum absolute atomic E-state index is 0.760. The Morgan fingerprint density at radius 3 is 2.69 bits per heavy atom. The summed E-state index contributed by atoms with van der Waals surface area (Å²) < 4.78 is 7.55. The summed E-state index contributed by atoms with van der Waals surface area (Å²) in [5.74, 6) is 3.20. The molecule has 2 aromatic heterocycles. The lowest BCUT2D eigenvalue weighted by atomic mass is 10.4. The Kier molecular flexibility index (Phi) is 2.94. The number of aromatic nitrogens is 3. The van der Waals surface area contributed by atoms with Crippen LogP contribution in [-0.2, 0) is 6.54 Å². The van der Waals surface area contributed by atoms with Gasteiger partial charge >= 0.3 is 0 Å². The van der Waals surface area contributed by atoms with Gasteiger partial charge in [0.2, 0.25) is 11.8 Å². The van der Waals surface area contributed by atoms with Crippen molar-refractivity contribution in [2.45, 2.75) is 27.3 Å². The number of nitrogens with one attached hydrogen (secondary N) is 1. The second-order valence-electron chi connectivity index (χ2n) is 3.53. The van der Waals surface area contributed by atoms with Crippen LogP contribution in [0, 0.1) is 6.92 Å². The highest BCUT2D eigenvalue weighted by molar-refractivity contribution is 5.50. The third-order valence-electron chi connectivity index (χ3n) is 2.36. The first-order chi connectivity index (χ1) is 7.76. The van der Waals surface area contributed by atoms with E-state index in [9.17, 15) is 0 Å². The van der Waals surface area contributed by atoms with E-state index >= 15 is 0 Å². The quantitative estimate of drug-likeness (QED) is 0.859. The van der Waals surface area contributed by atoms with Crippen LogP contribution in [0.5, 0.6) is 0 Å². The molecule has 0 saturated carbocycles. The Morgan fingerprint density at radius 1 is 1.31 bits per heavy atom. The largest absolute Gasteiger partial charge is 0.458 e. The normalized spacial score (nSPS) is 10.7. The Labute approximate surface area is 94.5 Å². The number of hydrogen-bond acceptors (Lipinski definition) is 4. The summed E-state index contributed by atoms with van der Waals surface area (Å²) >= 11 is 0. The molecule has 0 fully saturated rings. The minimum Gasteiger partial charge on any atom is -0.458 e. The lowest BCUT2D eigenvalue weighted by Gasteiger charge is -2.05. The zero-order valence-electron chi connectivity index (χ0n) is 9.82. The van der Waals surface area contributed by atoms with Crippen LogP contribution < -0.4 is 5.32 Å². The number of anilines is 1. The Bertz CT molecular complexity index is 472. The maximum atomic E-state index is 5.55. The van der Waals surface area contributed by atoms with Crippen molar-refractivity contribution in [1.82, 2.24) is 14.8 Å². The van der Waals surface area contributed by atoms with Gasteiger partial charge < -0.3 is 9.73 Å². The maximum Gasteiger partial charge on any atom is 0.224 e. The highest BCUT2D eigenvalue weighted by atomic mass is 16.3. The predicted molar refractivity (Wildman–Crippen MR) is 62.3 cm³/mol. The Hall–Kier alpha value is -1.78. The zero-order chi connectivity index (χ0) is 11.5. The van der Waals surface area contributed by atoms with Gasteiger partial charge in [-0.2, -0.15) is 0 Å². The van der Waals surface area contributed by atoms with Crippen LogP contribution >= 0.6 is 0 Å². The van der Waals surface area contributed by atoms with E-state index in [2.05, 4.69) is 22.4 Å². The fourth-order valence-corrected chi connectivity index (χ4v) is 1.63. The van der Waals surface area contributed by atoms with E-state index < -0.39 is 0 Å². The number of rotatable bonds is 4. The van der Waals surface area contributed by atoms with Gasteiger partial charge in [0.1, 0.15) is 5.76 Å². The molecule has 2 heterocycles. The summed E-state index contributed by atoms with van der Waals surface area (Å²) in [5, 5.41) is 11.4. The smallest absolute Gasteiger partial charge is 0.224 e. The molecule has 86 valence electrons. The summed E-state index contributed by atoms with van der Waals surface area (Å²) in [7, 11) is 0. The van der Waals surface area contributed by atoms with Crippen LogP contribution in [0.1, 0.15) is 19.6 Å². The van der Waals surface area contributed by atoms with Crippen LogP contribution in [0.25, 0.3) is 11.6 Å². The van der Waals surface area contributed by atoms with E-state index in [0.717, 1.165) is 36.4 Å². The van der Waals surface area contributed by atoms with Gasteiger partial charge in [0.25, 0.3) is 0 Å². The molecule has 0 aliphatic heterocycles. The number of furan rings is 1. The van der Waals surface area contributed by atoms with Crippen molar-refractivity contribution in [3.63, 3.8) is 0 Å². The molecule has 0 aliphatic carbocycles. The van der Waals surface area contributed by atoms with Crippen molar-refractivity contribution < 1.29 is 4.42 Å². The average molecular weight is 220 g/mol. The van der Waals surface area contributed by atoms with E-state index in [-0.39, 0.29) is 0 Å². The fraction of sp³-hybridized carbons (Fsp3) is 0.455. The molecular weight excluding hydrogens is 204 g/mol. The molecule has 0 atom stereocenters. The summed E-state index contributed by atoms with van der Waals surface area (Å²) in [6, 6.07) is 3.85. The first-order valence-corrected chi connectivity index (χ1v) is 5.50. The average Bonchev–Trinajstić information content (AvgIpc) is 2.85. The van der Waals surface area contributed by atoms with Crippen molar-refractivity contribution in [2.24, 2.45) is 0 Å². The molecule has 0 radical (unpaired) electrons. The third kappa shape index (κ3) is 1.80. The topological polar surface area (TPSA) is 55.9 Å². The van der Waals surface area contributed by atoms with E-state index in [1.54, 1.807) is 0 Å². The van der Waals surface area contributed by atoms with Crippen LogP contribution in [0.4, 0.5) is 5.95 Å². The molecule has 0 bridgehead atoms. The third-order valence-corrected chi connectivity index (χ3v) is 2.36. The van der Waals surface area contributed by atoms with E-state index in [1.807, 2.05) is 30.5 Å². The standard InChI is InChI=1S/C11H16N4O/c1-4-12-11-14-13-10(15(11)5-2)9-7-6-8(3)16-9/h6-7H,4-5H2,1-3H3,(H,12,14). The van der Waals surface area contributed by atoms with Gasteiger partial charge in [-0.15, -0.1) is 10.2 Å². The van der Waals surface area contributed by atoms with Crippen molar-refractivity contribution in [3.8, 4) is 11.6 Å². The lowest BCUT2D eigenvalue weighted by Crippen LogP contribution is -2.06. The molecule has 2 aromatic rings. The van der Waals surface area contributed by atoms with E-state index in [1.165, 1.54) is 0 Å². The molecule has 2 rings (SSSR count).